The Balaban J connectivity index is 1.53. The fourth-order valence-electron chi connectivity index (χ4n) is 2.64. The van der Waals surface area contributed by atoms with Crippen molar-refractivity contribution < 1.29 is 13.9 Å². The largest absolute Gasteiger partial charge is 0.421 e. The maximum Gasteiger partial charge on any atom is 0.341 e. The number of benzene rings is 1. The number of oxazole rings is 1. The lowest BCUT2D eigenvalue weighted by molar-refractivity contribution is -0.115. The van der Waals surface area contributed by atoms with Gasteiger partial charge in [0.15, 0.2) is 17.1 Å². The Morgan fingerprint density at radius 2 is 2.19 bits per heavy atom. The van der Waals surface area contributed by atoms with E-state index in [1.54, 1.807) is 23.6 Å². The van der Waals surface area contributed by atoms with Crippen LogP contribution in [0.3, 0.4) is 0 Å². The Morgan fingerprint density at radius 3 is 3.00 bits per heavy atom. The highest BCUT2D eigenvalue weighted by molar-refractivity contribution is 5.99. The van der Waals surface area contributed by atoms with Gasteiger partial charge >= 0.3 is 6.01 Å². The molecule has 1 aromatic carbocycles. The Labute approximate surface area is 151 Å². The van der Waals surface area contributed by atoms with Gasteiger partial charge in [-0.15, -0.1) is 15.3 Å². The highest BCUT2D eigenvalue weighted by atomic mass is 16.6. The molecule has 0 aliphatic carbocycles. The molecular formula is C17H13N7O3. The van der Waals surface area contributed by atoms with E-state index >= 15 is 0 Å². The second kappa shape index (κ2) is 5.95. The fraction of sp³-hybridized carbons (Fsp3) is 0.176. The van der Waals surface area contributed by atoms with Gasteiger partial charge in [0, 0.05) is 0 Å². The van der Waals surface area contributed by atoms with E-state index in [-0.39, 0.29) is 17.9 Å². The summed E-state index contributed by atoms with van der Waals surface area (Å²) in [7, 11) is 0. The first-order valence-electron chi connectivity index (χ1n) is 8.23. The summed E-state index contributed by atoms with van der Waals surface area (Å²) in [5.74, 6) is 0.554. The minimum absolute atomic E-state index is 0.0982. The second-order valence-electron chi connectivity index (χ2n) is 6.00. The number of fused-ring (bicyclic) bond motifs is 2. The predicted molar refractivity (Wildman–Crippen MR) is 94.0 cm³/mol. The summed E-state index contributed by atoms with van der Waals surface area (Å²) < 4.78 is 12.2. The molecule has 0 saturated carbocycles. The number of nitrogens with zero attached hydrogens (tertiary/aromatic N) is 6. The topological polar surface area (TPSA) is 126 Å². The summed E-state index contributed by atoms with van der Waals surface area (Å²) >= 11 is 0. The van der Waals surface area contributed by atoms with Crippen LogP contribution in [0.25, 0.3) is 22.8 Å². The molecule has 0 radical (unpaired) electrons. The molecular weight excluding hydrogens is 350 g/mol. The third kappa shape index (κ3) is 2.81. The van der Waals surface area contributed by atoms with Crippen LogP contribution in [0.1, 0.15) is 11.5 Å². The lowest BCUT2D eigenvalue weighted by Crippen LogP contribution is -2.01. The lowest BCUT2D eigenvalue weighted by Gasteiger charge is -1.90. The van der Waals surface area contributed by atoms with Crippen LogP contribution >= 0.6 is 0 Å². The van der Waals surface area contributed by atoms with Crippen LogP contribution in [0, 0.1) is 6.92 Å². The number of aryl methyl sites for hydroxylation is 1. The van der Waals surface area contributed by atoms with E-state index in [0.29, 0.717) is 40.6 Å². The maximum atomic E-state index is 11.8. The van der Waals surface area contributed by atoms with Crippen LogP contribution < -0.4 is 0 Å². The highest BCUT2D eigenvalue weighted by Gasteiger charge is 2.29. The van der Waals surface area contributed by atoms with Crippen molar-refractivity contribution >= 4 is 40.3 Å². The Bertz CT molecular complexity index is 1190. The number of carbonyl (C=O) groups excluding carboxylic acids is 1. The molecule has 10 heteroatoms. The molecule has 1 aliphatic heterocycles. The van der Waals surface area contributed by atoms with Crippen molar-refractivity contribution in [3.8, 4) is 0 Å². The molecule has 4 aromatic rings. The first kappa shape index (κ1) is 15.6. The van der Waals surface area contributed by atoms with Crippen LogP contribution in [0.15, 0.2) is 45.0 Å². The smallest absolute Gasteiger partial charge is 0.341 e. The molecule has 10 nitrogen and oxygen atoms in total. The molecule has 5 rings (SSSR count). The van der Waals surface area contributed by atoms with E-state index in [1.165, 1.54) is 6.08 Å². The van der Waals surface area contributed by atoms with Gasteiger partial charge in [0.05, 0.1) is 12.3 Å². The summed E-state index contributed by atoms with van der Waals surface area (Å²) in [6, 6.07) is 7.48. The molecule has 1 fully saturated rings. The maximum absolute atomic E-state index is 11.8. The quantitative estimate of drug-likeness (QED) is 0.330. The van der Waals surface area contributed by atoms with Gasteiger partial charge in [-0.3, -0.25) is 9.89 Å². The van der Waals surface area contributed by atoms with Crippen LogP contribution in [0.4, 0.5) is 11.7 Å². The first-order chi connectivity index (χ1) is 13.2. The number of ether oxygens (including phenoxy) is 1. The first-order valence-corrected chi connectivity index (χ1v) is 8.23. The van der Waals surface area contributed by atoms with E-state index in [9.17, 15) is 4.79 Å². The number of hydrogen-bond acceptors (Lipinski definition) is 8. The Morgan fingerprint density at radius 1 is 1.33 bits per heavy atom. The number of carbonyl (C=O) groups is 1. The molecule has 0 spiro atoms. The van der Waals surface area contributed by atoms with E-state index < -0.39 is 0 Å². The molecule has 1 atom stereocenters. The molecule has 0 bridgehead atoms. The average molecular weight is 363 g/mol. The summed E-state index contributed by atoms with van der Waals surface area (Å²) in [4.78, 5) is 16.1. The molecule has 134 valence electrons. The number of aromatic nitrogens is 5. The van der Waals surface area contributed by atoms with Crippen molar-refractivity contribution in [1.29, 1.82) is 0 Å². The van der Waals surface area contributed by atoms with Gasteiger partial charge in [-0.25, -0.2) is 4.52 Å². The van der Waals surface area contributed by atoms with Crippen LogP contribution in [-0.2, 0) is 9.53 Å². The number of ketones is 1. The molecule has 27 heavy (non-hydrogen) atoms. The van der Waals surface area contributed by atoms with E-state index in [2.05, 4.69) is 30.5 Å². The van der Waals surface area contributed by atoms with Crippen LogP contribution in [0.2, 0.25) is 0 Å². The third-order valence-corrected chi connectivity index (χ3v) is 4.11. The standard InChI is InChI=1S/C17H13N7O3/c1-9-19-21-16-15(11(23-24(9)16)6-7-12(25)14-8-26-14)20-22-17-18-10-4-2-3-5-13(10)27-17/h2-7,14,23H,8H2,1H3/b7-6-,22-20?. The van der Waals surface area contributed by atoms with Crippen LogP contribution in [-0.4, -0.2) is 43.3 Å². The number of para-hydroxylation sites is 2. The number of azo groups is 1. The number of aromatic amines is 1. The average Bonchev–Trinajstić information content (AvgIpc) is 3.22. The molecule has 1 saturated heterocycles. The van der Waals surface area contributed by atoms with Crippen molar-refractivity contribution in [3.63, 3.8) is 0 Å². The summed E-state index contributed by atoms with van der Waals surface area (Å²) in [5.41, 5.74) is 2.80. The number of nitrogens with one attached hydrogen (secondary N) is 1. The summed E-state index contributed by atoms with van der Waals surface area (Å²) in [5, 5.41) is 19.5. The van der Waals surface area contributed by atoms with Gasteiger partial charge in [0.2, 0.25) is 5.65 Å². The predicted octanol–water partition coefficient (Wildman–Crippen LogP) is 2.90. The Hall–Kier alpha value is -3.66. The van der Waals surface area contributed by atoms with E-state index in [1.807, 2.05) is 18.2 Å². The molecule has 3 aromatic heterocycles. The van der Waals surface area contributed by atoms with E-state index in [0.717, 1.165) is 0 Å². The van der Waals surface area contributed by atoms with Gasteiger partial charge < -0.3 is 9.15 Å². The number of H-pyrrole nitrogens is 1. The van der Waals surface area contributed by atoms with Gasteiger partial charge in [0.25, 0.3) is 0 Å². The number of hydrogen-bond donors (Lipinski definition) is 1. The second-order valence-corrected chi connectivity index (χ2v) is 6.00. The zero-order valence-corrected chi connectivity index (χ0v) is 14.2. The van der Waals surface area contributed by atoms with Crippen molar-refractivity contribution in [1.82, 2.24) is 24.8 Å². The van der Waals surface area contributed by atoms with Gasteiger partial charge in [-0.1, -0.05) is 17.2 Å². The van der Waals surface area contributed by atoms with Crippen molar-refractivity contribution in [2.75, 3.05) is 6.61 Å². The van der Waals surface area contributed by atoms with Gasteiger partial charge in [-0.2, -0.15) is 4.98 Å². The minimum atomic E-state index is -0.339. The summed E-state index contributed by atoms with van der Waals surface area (Å²) in [6.07, 6.45) is 2.73. The van der Waals surface area contributed by atoms with Crippen molar-refractivity contribution in [3.05, 3.63) is 41.9 Å². The minimum Gasteiger partial charge on any atom is -0.421 e. The summed E-state index contributed by atoms with van der Waals surface area (Å²) in [6.45, 7) is 2.26. The van der Waals surface area contributed by atoms with Gasteiger partial charge in [0.1, 0.15) is 17.4 Å². The zero-order chi connectivity index (χ0) is 18.4. The number of epoxide rings is 1. The van der Waals surface area contributed by atoms with Crippen molar-refractivity contribution in [2.24, 2.45) is 10.2 Å². The molecule has 1 unspecified atom stereocenters. The normalized spacial score (nSPS) is 17.0. The third-order valence-electron chi connectivity index (χ3n) is 4.11. The van der Waals surface area contributed by atoms with Crippen LogP contribution in [0.5, 0.6) is 0 Å². The zero-order valence-electron chi connectivity index (χ0n) is 14.2. The van der Waals surface area contributed by atoms with Crippen molar-refractivity contribution in [2.45, 2.75) is 13.0 Å². The molecule has 1 N–H and O–H groups in total. The highest BCUT2D eigenvalue weighted by Crippen LogP contribution is 2.29. The fourth-order valence-corrected chi connectivity index (χ4v) is 2.64. The lowest BCUT2D eigenvalue weighted by atomic mass is 10.2. The molecule has 1 aliphatic rings. The van der Waals surface area contributed by atoms with Gasteiger partial charge in [-0.05, 0) is 31.2 Å². The monoisotopic (exact) mass is 363 g/mol. The molecule has 0 amide bonds. The number of rotatable bonds is 5. The Kier molecular flexibility index (Phi) is 3.44. The molecule has 4 heterocycles. The van der Waals surface area contributed by atoms with E-state index in [4.69, 9.17) is 9.15 Å². The SMILES string of the molecule is Cc1nnc2c(N=Nc3nc4ccccc4o3)c(/C=C\C(=O)C3CO3)[nH]n12.